The van der Waals surface area contributed by atoms with Gasteiger partial charge in [-0.05, 0) is 48.4 Å². The van der Waals surface area contributed by atoms with Crippen LogP contribution in [0.2, 0.25) is 0 Å². The Morgan fingerprint density at radius 3 is 2.41 bits per heavy atom. The molecule has 0 aromatic heterocycles. The Bertz CT molecular complexity index is 892. The minimum absolute atomic E-state index is 0.0895. The molecule has 29 heavy (non-hydrogen) atoms. The summed E-state index contributed by atoms with van der Waals surface area (Å²) in [5.74, 6) is -1.33. The van der Waals surface area contributed by atoms with Crippen LogP contribution in [0.25, 0.3) is 0 Å². The largest absolute Gasteiger partial charge is 0.497 e. The van der Waals surface area contributed by atoms with Crippen LogP contribution in [0, 0.1) is 11.8 Å². The number of amides is 2. The van der Waals surface area contributed by atoms with E-state index in [-0.39, 0.29) is 18.2 Å². The summed E-state index contributed by atoms with van der Waals surface area (Å²) in [5.41, 5.74) is 2.25. The van der Waals surface area contributed by atoms with Gasteiger partial charge in [0.25, 0.3) is 0 Å². The number of benzene rings is 2. The van der Waals surface area contributed by atoms with Gasteiger partial charge >= 0.3 is 5.97 Å². The van der Waals surface area contributed by atoms with Crippen molar-refractivity contribution in [2.24, 2.45) is 11.8 Å². The summed E-state index contributed by atoms with van der Waals surface area (Å²) < 4.78 is 5.13. The maximum absolute atomic E-state index is 12.6. The zero-order chi connectivity index (χ0) is 21.0. The van der Waals surface area contributed by atoms with E-state index in [1.807, 2.05) is 0 Å². The van der Waals surface area contributed by atoms with Crippen molar-refractivity contribution in [3.63, 3.8) is 0 Å². The van der Waals surface area contributed by atoms with Crippen LogP contribution < -0.4 is 15.0 Å². The standard InChI is InChI=1S/C22H24N2O5/c1-14(22(27)28)11-15-3-5-17(6-4-15)23-21(26)16-12-20(25)24(13-16)18-7-9-19(29-2)10-8-18/h3-10,14,16H,11-13H2,1-2H3,(H,23,26)(H,27,28). The number of hydrogen-bond donors (Lipinski definition) is 2. The van der Waals surface area contributed by atoms with Gasteiger partial charge in [0, 0.05) is 24.3 Å². The third-order valence-electron chi connectivity index (χ3n) is 5.06. The molecule has 2 unspecified atom stereocenters. The molecule has 0 saturated carbocycles. The number of carbonyl (C=O) groups excluding carboxylic acids is 2. The van der Waals surface area contributed by atoms with Crippen LogP contribution in [0.3, 0.4) is 0 Å². The van der Waals surface area contributed by atoms with Crippen LogP contribution in [-0.2, 0) is 20.8 Å². The van der Waals surface area contributed by atoms with Gasteiger partial charge in [-0.2, -0.15) is 0 Å². The fourth-order valence-electron chi connectivity index (χ4n) is 3.30. The fraction of sp³-hybridized carbons (Fsp3) is 0.318. The van der Waals surface area contributed by atoms with Crippen molar-refractivity contribution < 1.29 is 24.2 Å². The van der Waals surface area contributed by atoms with E-state index in [0.717, 1.165) is 11.3 Å². The Hall–Kier alpha value is -3.35. The molecule has 2 amide bonds. The quantitative estimate of drug-likeness (QED) is 0.750. The zero-order valence-electron chi connectivity index (χ0n) is 16.4. The van der Waals surface area contributed by atoms with Crippen LogP contribution in [0.5, 0.6) is 5.75 Å². The van der Waals surface area contributed by atoms with E-state index in [2.05, 4.69) is 5.32 Å². The summed E-state index contributed by atoms with van der Waals surface area (Å²) in [6.07, 6.45) is 0.587. The molecule has 7 heteroatoms. The van der Waals surface area contributed by atoms with Crippen LogP contribution in [0.1, 0.15) is 18.9 Å². The number of rotatable bonds is 7. The Labute approximate surface area is 169 Å². The Morgan fingerprint density at radius 2 is 1.83 bits per heavy atom. The number of nitrogens with zero attached hydrogens (tertiary/aromatic N) is 1. The first-order chi connectivity index (χ1) is 13.9. The van der Waals surface area contributed by atoms with Crippen molar-refractivity contribution in [3.05, 3.63) is 54.1 Å². The van der Waals surface area contributed by atoms with Crippen LogP contribution in [0.4, 0.5) is 11.4 Å². The highest BCUT2D eigenvalue weighted by atomic mass is 16.5. The zero-order valence-corrected chi connectivity index (χ0v) is 16.4. The smallest absolute Gasteiger partial charge is 0.306 e. The predicted molar refractivity (Wildman–Crippen MR) is 109 cm³/mol. The molecule has 2 aromatic carbocycles. The lowest BCUT2D eigenvalue weighted by Gasteiger charge is -2.17. The summed E-state index contributed by atoms with van der Waals surface area (Å²) >= 11 is 0. The minimum atomic E-state index is -0.838. The molecule has 2 aromatic rings. The van der Waals surface area contributed by atoms with E-state index < -0.39 is 17.8 Å². The van der Waals surface area contributed by atoms with Gasteiger partial charge in [0.15, 0.2) is 0 Å². The molecule has 152 valence electrons. The first-order valence-corrected chi connectivity index (χ1v) is 9.44. The number of methoxy groups -OCH3 is 1. The summed E-state index contributed by atoms with van der Waals surface area (Å²) in [4.78, 5) is 37.5. The van der Waals surface area contributed by atoms with Crippen LogP contribution in [0.15, 0.2) is 48.5 Å². The summed E-state index contributed by atoms with van der Waals surface area (Å²) in [7, 11) is 1.58. The number of nitrogens with one attached hydrogen (secondary N) is 1. The van der Waals surface area contributed by atoms with E-state index in [9.17, 15) is 14.4 Å². The van der Waals surface area contributed by atoms with Gasteiger partial charge in [-0.25, -0.2) is 0 Å². The van der Waals surface area contributed by atoms with Crippen molar-refractivity contribution >= 4 is 29.2 Å². The SMILES string of the molecule is COc1ccc(N2CC(C(=O)Nc3ccc(CC(C)C(=O)O)cc3)CC2=O)cc1. The minimum Gasteiger partial charge on any atom is -0.497 e. The average Bonchev–Trinajstić information content (AvgIpc) is 3.11. The van der Waals surface area contributed by atoms with Crippen molar-refractivity contribution in [3.8, 4) is 5.75 Å². The molecular formula is C22H24N2O5. The molecule has 1 heterocycles. The molecule has 0 radical (unpaired) electrons. The van der Waals surface area contributed by atoms with E-state index in [1.54, 1.807) is 67.5 Å². The Kier molecular flexibility index (Phi) is 6.16. The first kappa shape index (κ1) is 20.4. The number of carboxylic acid groups (broad SMARTS) is 1. The van der Waals surface area contributed by atoms with E-state index in [0.29, 0.717) is 24.4 Å². The molecule has 1 saturated heterocycles. The normalized spacial score (nSPS) is 17.1. The van der Waals surface area contributed by atoms with Crippen molar-refractivity contribution in [2.45, 2.75) is 19.8 Å². The highest BCUT2D eigenvalue weighted by molar-refractivity contribution is 6.03. The van der Waals surface area contributed by atoms with Crippen molar-refractivity contribution in [1.82, 2.24) is 0 Å². The fourth-order valence-corrected chi connectivity index (χ4v) is 3.30. The second-order valence-corrected chi connectivity index (χ2v) is 7.23. The lowest BCUT2D eigenvalue weighted by atomic mass is 10.0. The van der Waals surface area contributed by atoms with Gasteiger partial charge in [-0.3, -0.25) is 14.4 Å². The molecule has 2 atom stereocenters. The molecule has 1 aliphatic rings. The van der Waals surface area contributed by atoms with E-state index >= 15 is 0 Å². The van der Waals surface area contributed by atoms with E-state index in [1.165, 1.54) is 0 Å². The van der Waals surface area contributed by atoms with Crippen molar-refractivity contribution in [1.29, 1.82) is 0 Å². The van der Waals surface area contributed by atoms with Crippen molar-refractivity contribution in [2.75, 3.05) is 23.9 Å². The van der Waals surface area contributed by atoms with E-state index in [4.69, 9.17) is 9.84 Å². The molecule has 0 aliphatic carbocycles. The summed E-state index contributed by atoms with van der Waals surface area (Å²) in [6.45, 7) is 1.98. The summed E-state index contributed by atoms with van der Waals surface area (Å²) in [5, 5.41) is 11.8. The average molecular weight is 396 g/mol. The number of hydrogen-bond acceptors (Lipinski definition) is 4. The molecular weight excluding hydrogens is 372 g/mol. The maximum Gasteiger partial charge on any atom is 0.306 e. The number of aliphatic carboxylic acids is 1. The molecule has 7 nitrogen and oxygen atoms in total. The lowest BCUT2D eigenvalue weighted by molar-refractivity contribution is -0.141. The molecule has 2 N–H and O–H groups in total. The number of carboxylic acids is 1. The molecule has 1 fully saturated rings. The highest BCUT2D eigenvalue weighted by Crippen LogP contribution is 2.27. The van der Waals surface area contributed by atoms with Gasteiger partial charge in [0.05, 0.1) is 18.9 Å². The number of ether oxygens (including phenoxy) is 1. The van der Waals surface area contributed by atoms with Gasteiger partial charge in [0.1, 0.15) is 5.75 Å². The maximum atomic E-state index is 12.6. The molecule has 3 rings (SSSR count). The third-order valence-corrected chi connectivity index (χ3v) is 5.06. The monoisotopic (exact) mass is 396 g/mol. The van der Waals surface area contributed by atoms with Crippen LogP contribution in [-0.4, -0.2) is 36.5 Å². The number of carbonyl (C=O) groups is 3. The van der Waals surface area contributed by atoms with Gasteiger partial charge < -0.3 is 20.1 Å². The number of anilines is 2. The van der Waals surface area contributed by atoms with Gasteiger partial charge in [-0.15, -0.1) is 0 Å². The predicted octanol–water partition coefficient (Wildman–Crippen LogP) is 2.95. The molecule has 1 aliphatic heterocycles. The molecule has 0 bridgehead atoms. The topological polar surface area (TPSA) is 95.9 Å². The second kappa shape index (κ2) is 8.77. The Morgan fingerprint density at radius 1 is 1.17 bits per heavy atom. The molecule has 0 spiro atoms. The van der Waals surface area contributed by atoms with Crippen LogP contribution >= 0.6 is 0 Å². The second-order valence-electron chi connectivity index (χ2n) is 7.23. The Balaban J connectivity index is 1.59. The summed E-state index contributed by atoms with van der Waals surface area (Å²) in [6, 6.07) is 14.3. The van der Waals surface area contributed by atoms with Gasteiger partial charge in [0.2, 0.25) is 11.8 Å². The van der Waals surface area contributed by atoms with Gasteiger partial charge in [-0.1, -0.05) is 19.1 Å². The lowest BCUT2D eigenvalue weighted by Crippen LogP contribution is -2.28. The highest BCUT2D eigenvalue weighted by Gasteiger charge is 2.35. The third kappa shape index (κ3) is 4.93. The first-order valence-electron chi connectivity index (χ1n) is 9.44.